The van der Waals surface area contributed by atoms with E-state index in [-0.39, 0.29) is 5.54 Å². The number of hydrogen-bond donors (Lipinski definition) is 1. The molecule has 1 aromatic carbocycles. The highest BCUT2D eigenvalue weighted by molar-refractivity contribution is 5.30. The Kier molecular flexibility index (Phi) is 4.67. The number of nitrogens with one attached hydrogen (secondary N) is 1. The van der Waals surface area contributed by atoms with Crippen LogP contribution in [0.15, 0.2) is 24.3 Å². The van der Waals surface area contributed by atoms with Crippen LogP contribution in [0, 0.1) is 12.8 Å². The van der Waals surface area contributed by atoms with Gasteiger partial charge in [0.1, 0.15) is 0 Å². The summed E-state index contributed by atoms with van der Waals surface area (Å²) in [5, 5.41) is 3.71. The quantitative estimate of drug-likeness (QED) is 0.832. The highest BCUT2D eigenvalue weighted by Crippen LogP contribution is 2.38. The number of hydrogen-bond acceptors (Lipinski definition) is 1. The monoisotopic (exact) mass is 259 g/mol. The van der Waals surface area contributed by atoms with Gasteiger partial charge in [0.2, 0.25) is 0 Å². The van der Waals surface area contributed by atoms with Crippen LogP contribution in [0.4, 0.5) is 0 Å². The van der Waals surface area contributed by atoms with Crippen molar-refractivity contribution in [1.29, 1.82) is 0 Å². The van der Waals surface area contributed by atoms with Crippen LogP contribution in [-0.4, -0.2) is 12.1 Å². The molecule has 1 nitrogen and oxygen atoms in total. The molecule has 0 amide bonds. The lowest BCUT2D eigenvalue weighted by Crippen LogP contribution is -2.41. The summed E-state index contributed by atoms with van der Waals surface area (Å²) in [6.45, 7) is 10.2. The third-order valence-electron chi connectivity index (χ3n) is 4.39. The van der Waals surface area contributed by atoms with Gasteiger partial charge >= 0.3 is 0 Å². The Balaban J connectivity index is 2.10. The fourth-order valence-corrected chi connectivity index (χ4v) is 3.30. The third-order valence-corrected chi connectivity index (χ3v) is 4.39. The molecule has 1 aromatic rings. The van der Waals surface area contributed by atoms with Gasteiger partial charge in [-0.05, 0) is 70.0 Å². The van der Waals surface area contributed by atoms with Gasteiger partial charge in [-0.15, -0.1) is 0 Å². The molecule has 106 valence electrons. The molecule has 1 heteroatoms. The molecule has 2 unspecified atom stereocenters. The maximum Gasteiger partial charge on any atom is 0.00966 e. The van der Waals surface area contributed by atoms with Gasteiger partial charge in [-0.25, -0.2) is 0 Å². The molecular formula is C18H29N. The largest absolute Gasteiger partial charge is 0.312 e. The molecule has 1 N–H and O–H groups in total. The van der Waals surface area contributed by atoms with Gasteiger partial charge in [-0.1, -0.05) is 37.1 Å². The van der Waals surface area contributed by atoms with E-state index in [2.05, 4.69) is 57.3 Å². The molecule has 0 radical (unpaired) electrons. The first-order valence-corrected chi connectivity index (χ1v) is 7.78. The zero-order valence-corrected chi connectivity index (χ0v) is 13.0. The average molecular weight is 259 g/mol. The predicted molar refractivity (Wildman–Crippen MR) is 83.6 cm³/mol. The van der Waals surface area contributed by atoms with E-state index < -0.39 is 0 Å². The van der Waals surface area contributed by atoms with E-state index >= 15 is 0 Å². The Morgan fingerprint density at radius 2 is 1.79 bits per heavy atom. The lowest BCUT2D eigenvalue weighted by molar-refractivity contribution is 0.269. The van der Waals surface area contributed by atoms with Gasteiger partial charge in [0, 0.05) is 5.54 Å². The normalized spacial score (nSPS) is 24.4. The van der Waals surface area contributed by atoms with Gasteiger partial charge in [0.25, 0.3) is 0 Å². The van der Waals surface area contributed by atoms with Crippen LogP contribution in [0.5, 0.6) is 0 Å². The van der Waals surface area contributed by atoms with E-state index in [0.717, 1.165) is 18.4 Å². The molecule has 0 aromatic heterocycles. The number of rotatable bonds is 3. The van der Waals surface area contributed by atoms with Gasteiger partial charge < -0.3 is 5.32 Å². The maximum absolute atomic E-state index is 3.71. The van der Waals surface area contributed by atoms with Crippen molar-refractivity contribution in [3.63, 3.8) is 0 Å². The van der Waals surface area contributed by atoms with Crippen LogP contribution in [-0.2, 0) is 0 Å². The van der Waals surface area contributed by atoms with Crippen LogP contribution in [0.2, 0.25) is 0 Å². The second kappa shape index (κ2) is 6.09. The topological polar surface area (TPSA) is 12.0 Å². The summed E-state index contributed by atoms with van der Waals surface area (Å²) in [7, 11) is 0. The van der Waals surface area contributed by atoms with Crippen LogP contribution >= 0.6 is 0 Å². The summed E-state index contributed by atoms with van der Waals surface area (Å²) in [6.07, 6.45) is 5.54. The Hall–Kier alpha value is -0.820. The zero-order valence-electron chi connectivity index (χ0n) is 13.0. The number of aryl methyl sites for hydroxylation is 1. The Bertz CT molecular complexity index is 402. The van der Waals surface area contributed by atoms with E-state index in [1.807, 2.05) is 0 Å². The van der Waals surface area contributed by atoms with E-state index in [1.165, 1.54) is 31.2 Å². The van der Waals surface area contributed by atoms with E-state index in [9.17, 15) is 0 Å². The highest BCUT2D eigenvalue weighted by atomic mass is 14.9. The lowest BCUT2D eigenvalue weighted by Gasteiger charge is -2.35. The van der Waals surface area contributed by atoms with E-state index in [1.54, 1.807) is 5.56 Å². The second-order valence-electron chi connectivity index (χ2n) is 7.14. The van der Waals surface area contributed by atoms with Gasteiger partial charge in [0.05, 0.1) is 0 Å². The second-order valence-corrected chi connectivity index (χ2v) is 7.14. The summed E-state index contributed by atoms with van der Waals surface area (Å²) in [6, 6.07) is 8.96. The smallest absolute Gasteiger partial charge is 0.00966 e. The summed E-state index contributed by atoms with van der Waals surface area (Å²) in [5.74, 6) is 1.55. The minimum Gasteiger partial charge on any atom is -0.312 e. The Labute approximate surface area is 118 Å². The first-order chi connectivity index (χ1) is 8.97. The molecule has 1 saturated carbocycles. The molecule has 19 heavy (non-hydrogen) atoms. The molecule has 0 spiro atoms. The molecule has 0 heterocycles. The molecule has 0 aliphatic heterocycles. The molecule has 1 fully saturated rings. The van der Waals surface area contributed by atoms with Crippen molar-refractivity contribution >= 4 is 0 Å². The van der Waals surface area contributed by atoms with Crippen molar-refractivity contribution in [2.75, 3.05) is 6.54 Å². The van der Waals surface area contributed by atoms with Crippen molar-refractivity contribution < 1.29 is 0 Å². The van der Waals surface area contributed by atoms with Crippen molar-refractivity contribution in [2.24, 2.45) is 5.92 Å². The van der Waals surface area contributed by atoms with Gasteiger partial charge in [0.15, 0.2) is 0 Å². The minimum atomic E-state index is 0.230. The molecule has 1 aliphatic carbocycles. The van der Waals surface area contributed by atoms with Crippen molar-refractivity contribution in [3.05, 3.63) is 35.4 Å². The SMILES string of the molecule is Cc1ccccc1C1CCCCC1CNC(C)(C)C. The highest BCUT2D eigenvalue weighted by Gasteiger charge is 2.28. The molecule has 0 saturated heterocycles. The molecule has 2 atom stereocenters. The molecule has 2 rings (SSSR count). The standard InChI is InChI=1S/C18H29N/c1-14-9-5-7-11-16(14)17-12-8-6-10-15(17)13-19-18(2,3)4/h5,7,9,11,15,17,19H,6,8,10,12-13H2,1-4H3. The van der Waals surface area contributed by atoms with Crippen LogP contribution in [0.3, 0.4) is 0 Å². The molecule has 1 aliphatic rings. The number of benzene rings is 1. The molecular weight excluding hydrogens is 230 g/mol. The minimum absolute atomic E-state index is 0.230. The first kappa shape index (κ1) is 14.6. The molecule has 0 bridgehead atoms. The van der Waals surface area contributed by atoms with E-state index in [4.69, 9.17) is 0 Å². The summed E-state index contributed by atoms with van der Waals surface area (Å²) in [5.41, 5.74) is 3.28. The van der Waals surface area contributed by atoms with Crippen LogP contribution in [0.1, 0.15) is 63.5 Å². The fourth-order valence-electron chi connectivity index (χ4n) is 3.30. The lowest BCUT2D eigenvalue weighted by atomic mass is 9.74. The zero-order chi connectivity index (χ0) is 13.9. The average Bonchev–Trinajstić information content (AvgIpc) is 2.37. The first-order valence-electron chi connectivity index (χ1n) is 7.78. The predicted octanol–water partition coefficient (Wildman–Crippen LogP) is 4.66. The fraction of sp³-hybridized carbons (Fsp3) is 0.667. The van der Waals surface area contributed by atoms with Crippen LogP contribution < -0.4 is 5.32 Å². The summed E-state index contributed by atoms with van der Waals surface area (Å²) >= 11 is 0. The van der Waals surface area contributed by atoms with E-state index in [0.29, 0.717) is 0 Å². The van der Waals surface area contributed by atoms with Crippen molar-refractivity contribution in [1.82, 2.24) is 5.32 Å². The summed E-state index contributed by atoms with van der Waals surface area (Å²) < 4.78 is 0. The summed E-state index contributed by atoms with van der Waals surface area (Å²) in [4.78, 5) is 0. The van der Waals surface area contributed by atoms with Crippen molar-refractivity contribution in [3.8, 4) is 0 Å². The Morgan fingerprint density at radius 3 is 2.47 bits per heavy atom. The van der Waals surface area contributed by atoms with Crippen LogP contribution in [0.25, 0.3) is 0 Å². The third kappa shape index (κ3) is 4.07. The van der Waals surface area contributed by atoms with Crippen molar-refractivity contribution in [2.45, 2.75) is 64.8 Å². The Morgan fingerprint density at radius 1 is 1.11 bits per heavy atom. The van der Waals surface area contributed by atoms with Gasteiger partial charge in [-0.3, -0.25) is 0 Å². The van der Waals surface area contributed by atoms with Gasteiger partial charge in [-0.2, -0.15) is 0 Å². The maximum atomic E-state index is 3.71.